The van der Waals surface area contributed by atoms with Gasteiger partial charge in [-0.25, -0.2) is 0 Å². The molecular weight excluding hydrogens is 332 g/mol. The Morgan fingerprint density at radius 3 is 2.70 bits per heavy atom. The Morgan fingerprint density at radius 2 is 1.93 bits per heavy atom. The molecule has 0 radical (unpaired) electrons. The molecule has 0 saturated heterocycles. The Labute approximate surface area is 161 Å². The molecule has 140 valence electrons. The van der Waals surface area contributed by atoms with Gasteiger partial charge in [0, 0.05) is 42.3 Å². The van der Waals surface area contributed by atoms with E-state index < -0.39 is 0 Å². The largest absolute Gasteiger partial charge is 0.310 e. The van der Waals surface area contributed by atoms with Crippen LogP contribution in [-0.2, 0) is 13.1 Å². The lowest BCUT2D eigenvalue weighted by Crippen LogP contribution is -2.36. The summed E-state index contributed by atoms with van der Waals surface area (Å²) in [6.07, 6.45) is 11.2. The molecule has 4 rings (SSSR count). The summed E-state index contributed by atoms with van der Waals surface area (Å²) in [4.78, 5) is 4.29. The molecule has 2 heterocycles. The molecule has 1 aromatic carbocycles. The molecule has 1 fully saturated rings. The van der Waals surface area contributed by atoms with E-state index in [9.17, 15) is 0 Å². The highest BCUT2D eigenvalue weighted by atomic mass is 15.3. The summed E-state index contributed by atoms with van der Waals surface area (Å²) >= 11 is 0. The van der Waals surface area contributed by atoms with Crippen molar-refractivity contribution >= 4 is 0 Å². The van der Waals surface area contributed by atoms with Gasteiger partial charge in [0.15, 0.2) is 0 Å². The number of nitrogens with one attached hydrogen (secondary N) is 1. The lowest BCUT2D eigenvalue weighted by Gasteiger charge is -2.29. The zero-order chi connectivity index (χ0) is 18.5. The van der Waals surface area contributed by atoms with E-state index in [4.69, 9.17) is 5.10 Å². The molecule has 2 aromatic heterocycles. The van der Waals surface area contributed by atoms with Gasteiger partial charge in [0.2, 0.25) is 0 Å². The third kappa shape index (κ3) is 4.45. The number of nitrogens with zero attached hydrogens (tertiary/aromatic N) is 3. The van der Waals surface area contributed by atoms with Crippen molar-refractivity contribution in [3.8, 4) is 11.3 Å². The maximum absolute atomic E-state index is 4.90. The minimum absolute atomic E-state index is 0.609. The van der Waals surface area contributed by atoms with Crippen LogP contribution < -0.4 is 5.32 Å². The van der Waals surface area contributed by atoms with Crippen molar-refractivity contribution in [2.45, 2.75) is 51.7 Å². The van der Waals surface area contributed by atoms with Crippen molar-refractivity contribution in [2.75, 3.05) is 0 Å². The van der Waals surface area contributed by atoms with Gasteiger partial charge in [0.25, 0.3) is 0 Å². The van der Waals surface area contributed by atoms with Crippen molar-refractivity contribution in [3.05, 3.63) is 72.2 Å². The highest BCUT2D eigenvalue weighted by Gasteiger charge is 2.21. The van der Waals surface area contributed by atoms with Crippen LogP contribution in [0.1, 0.15) is 43.7 Å². The SMILES string of the molecule is C[C@H]1CCCC[C@@H]1NCc1cn(Cc2ccccc2)nc1-c1cccnc1. The van der Waals surface area contributed by atoms with Gasteiger partial charge in [-0.2, -0.15) is 5.10 Å². The predicted molar refractivity (Wildman–Crippen MR) is 109 cm³/mol. The summed E-state index contributed by atoms with van der Waals surface area (Å²) < 4.78 is 2.05. The molecule has 0 spiro atoms. The number of pyridine rings is 1. The molecule has 0 unspecified atom stereocenters. The van der Waals surface area contributed by atoms with Gasteiger partial charge >= 0.3 is 0 Å². The Kier molecular flexibility index (Phi) is 5.64. The topological polar surface area (TPSA) is 42.7 Å². The molecule has 1 aliphatic carbocycles. The summed E-state index contributed by atoms with van der Waals surface area (Å²) in [6, 6.07) is 15.2. The van der Waals surface area contributed by atoms with E-state index in [1.165, 1.54) is 36.8 Å². The zero-order valence-corrected chi connectivity index (χ0v) is 16.0. The van der Waals surface area contributed by atoms with Crippen molar-refractivity contribution < 1.29 is 0 Å². The molecule has 4 nitrogen and oxygen atoms in total. The molecule has 0 amide bonds. The highest BCUT2D eigenvalue weighted by molar-refractivity contribution is 5.61. The first-order valence-corrected chi connectivity index (χ1v) is 10.0. The van der Waals surface area contributed by atoms with Crippen LogP contribution in [0.3, 0.4) is 0 Å². The van der Waals surface area contributed by atoms with Crippen LogP contribution >= 0.6 is 0 Å². The first-order chi connectivity index (χ1) is 13.3. The second-order valence-corrected chi connectivity index (χ2v) is 7.68. The number of hydrogen-bond acceptors (Lipinski definition) is 3. The van der Waals surface area contributed by atoms with Crippen molar-refractivity contribution in [3.63, 3.8) is 0 Å². The fraction of sp³-hybridized carbons (Fsp3) is 0.391. The van der Waals surface area contributed by atoms with Crippen LogP contribution in [0.4, 0.5) is 0 Å². The predicted octanol–water partition coefficient (Wildman–Crippen LogP) is 4.66. The maximum Gasteiger partial charge on any atom is 0.0983 e. The highest BCUT2D eigenvalue weighted by Crippen LogP contribution is 2.26. The summed E-state index contributed by atoms with van der Waals surface area (Å²) in [7, 11) is 0. The third-order valence-electron chi connectivity index (χ3n) is 5.63. The number of rotatable bonds is 6. The average Bonchev–Trinajstić information content (AvgIpc) is 3.11. The maximum atomic E-state index is 4.90. The van der Waals surface area contributed by atoms with Crippen LogP contribution in [-0.4, -0.2) is 20.8 Å². The molecule has 27 heavy (non-hydrogen) atoms. The summed E-state index contributed by atoms with van der Waals surface area (Å²) in [5.41, 5.74) is 4.63. The van der Waals surface area contributed by atoms with Crippen molar-refractivity contribution in [1.29, 1.82) is 0 Å². The van der Waals surface area contributed by atoms with E-state index in [0.29, 0.717) is 6.04 Å². The number of hydrogen-bond donors (Lipinski definition) is 1. The van der Waals surface area contributed by atoms with E-state index >= 15 is 0 Å². The second kappa shape index (κ2) is 8.49. The van der Waals surface area contributed by atoms with E-state index in [1.54, 1.807) is 0 Å². The zero-order valence-electron chi connectivity index (χ0n) is 16.0. The van der Waals surface area contributed by atoms with Gasteiger partial charge in [-0.3, -0.25) is 9.67 Å². The van der Waals surface area contributed by atoms with Gasteiger partial charge < -0.3 is 5.32 Å². The molecule has 1 N–H and O–H groups in total. The van der Waals surface area contributed by atoms with Gasteiger partial charge in [-0.15, -0.1) is 0 Å². The van der Waals surface area contributed by atoms with E-state index in [2.05, 4.69) is 58.4 Å². The lowest BCUT2D eigenvalue weighted by atomic mass is 9.86. The van der Waals surface area contributed by atoms with Gasteiger partial charge in [0.1, 0.15) is 0 Å². The van der Waals surface area contributed by atoms with Crippen LogP contribution in [0.5, 0.6) is 0 Å². The Hall–Kier alpha value is -2.46. The first-order valence-electron chi connectivity index (χ1n) is 10.0. The summed E-state index contributed by atoms with van der Waals surface area (Å²) in [6.45, 7) is 4.01. The summed E-state index contributed by atoms with van der Waals surface area (Å²) in [5.74, 6) is 0.750. The average molecular weight is 361 g/mol. The fourth-order valence-electron chi connectivity index (χ4n) is 4.05. The lowest BCUT2D eigenvalue weighted by molar-refractivity contribution is 0.279. The van der Waals surface area contributed by atoms with Crippen molar-refractivity contribution in [1.82, 2.24) is 20.1 Å². The molecule has 2 atom stereocenters. The number of aromatic nitrogens is 3. The van der Waals surface area contributed by atoms with Gasteiger partial charge in [0.05, 0.1) is 12.2 Å². The minimum atomic E-state index is 0.609. The van der Waals surface area contributed by atoms with E-state index in [1.807, 2.05) is 24.5 Å². The molecule has 3 aromatic rings. The Bertz CT molecular complexity index is 841. The van der Waals surface area contributed by atoms with Crippen molar-refractivity contribution in [2.24, 2.45) is 5.92 Å². The normalized spacial score (nSPS) is 19.9. The van der Waals surface area contributed by atoms with Crippen LogP contribution in [0.2, 0.25) is 0 Å². The van der Waals surface area contributed by atoms with Gasteiger partial charge in [-0.05, 0) is 36.5 Å². The monoisotopic (exact) mass is 360 g/mol. The molecular formula is C23H28N4. The van der Waals surface area contributed by atoms with E-state index in [0.717, 1.165) is 30.3 Å². The Morgan fingerprint density at radius 1 is 1.07 bits per heavy atom. The Balaban J connectivity index is 1.56. The third-order valence-corrected chi connectivity index (χ3v) is 5.63. The fourth-order valence-corrected chi connectivity index (χ4v) is 4.05. The van der Waals surface area contributed by atoms with Crippen LogP contribution in [0.15, 0.2) is 61.1 Å². The standard InChI is InChI=1S/C23H28N4/c1-18-8-5-6-12-22(18)25-15-21-17-27(16-19-9-3-2-4-10-19)26-23(21)20-11-7-13-24-14-20/h2-4,7,9-11,13-14,17-18,22,25H,5-6,8,12,15-16H2,1H3/t18-,22-/m0/s1. The number of benzene rings is 1. The molecule has 0 aliphatic heterocycles. The van der Waals surface area contributed by atoms with Crippen LogP contribution in [0, 0.1) is 5.92 Å². The van der Waals surface area contributed by atoms with Crippen LogP contribution in [0.25, 0.3) is 11.3 Å². The first kappa shape index (κ1) is 17.9. The second-order valence-electron chi connectivity index (χ2n) is 7.68. The minimum Gasteiger partial charge on any atom is -0.310 e. The molecule has 1 aliphatic rings. The van der Waals surface area contributed by atoms with E-state index in [-0.39, 0.29) is 0 Å². The molecule has 4 heteroatoms. The van der Waals surface area contributed by atoms with Gasteiger partial charge in [-0.1, -0.05) is 50.1 Å². The molecule has 0 bridgehead atoms. The molecule has 1 saturated carbocycles. The summed E-state index contributed by atoms with van der Waals surface area (Å²) in [5, 5.41) is 8.70. The smallest absolute Gasteiger partial charge is 0.0983 e. The quantitative estimate of drug-likeness (QED) is 0.695.